The zero-order chi connectivity index (χ0) is 21.1. The van der Waals surface area contributed by atoms with Crippen molar-refractivity contribution in [2.75, 3.05) is 5.32 Å². The first kappa shape index (κ1) is 18.2. The van der Waals surface area contributed by atoms with Crippen LogP contribution in [0.3, 0.4) is 0 Å². The molecule has 3 aromatic carbocycles. The Bertz CT molecular complexity index is 1530. The smallest absolute Gasteiger partial charge is 0.342 e. The number of nitrogens with one attached hydrogen (secondary N) is 1. The normalized spacial score (nSPS) is 13.1. The van der Waals surface area contributed by atoms with E-state index in [4.69, 9.17) is 8.83 Å². The Labute approximate surface area is 184 Å². The molecule has 6 rings (SSSR count). The number of anilines is 2. The summed E-state index contributed by atoms with van der Waals surface area (Å²) in [7, 11) is 0. The highest BCUT2D eigenvalue weighted by Crippen LogP contribution is 2.47. The summed E-state index contributed by atoms with van der Waals surface area (Å²) >= 11 is 3.60. The highest BCUT2D eigenvalue weighted by atomic mass is 79.9. The van der Waals surface area contributed by atoms with Crippen molar-refractivity contribution in [3.63, 3.8) is 0 Å². The zero-order valence-electron chi connectivity index (χ0n) is 16.0. The van der Waals surface area contributed by atoms with Gasteiger partial charge in [0.1, 0.15) is 11.2 Å². The van der Waals surface area contributed by atoms with Crippen LogP contribution in [-0.4, -0.2) is 0 Å². The molecule has 0 bridgehead atoms. The number of benzene rings is 3. The predicted octanol–water partition coefficient (Wildman–Crippen LogP) is 5.90. The van der Waals surface area contributed by atoms with Crippen LogP contribution in [0.2, 0.25) is 0 Å². The van der Waals surface area contributed by atoms with Crippen molar-refractivity contribution in [2.24, 2.45) is 0 Å². The second-order valence-electron chi connectivity index (χ2n) is 7.43. The fourth-order valence-electron chi connectivity index (χ4n) is 4.41. The maximum atomic E-state index is 13.2. The van der Waals surface area contributed by atoms with E-state index in [1.807, 2.05) is 60.7 Å². The standard InChI is InChI=1S/C25H14BrNO4/c26-16-10-4-1-7-13(16)19-20-22(14-8-2-5-11-17(14)30-24(20)28)27-23-15-9-3-6-12-18(15)31-25(29)21(19)23/h1-12,19,27H. The van der Waals surface area contributed by atoms with Gasteiger partial charge in [0.15, 0.2) is 0 Å². The SMILES string of the molecule is O=c1oc2ccccc2c2c1C(c1ccccc1Br)c1c(c3ccccc3oc1=O)N2. The van der Waals surface area contributed by atoms with E-state index in [2.05, 4.69) is 21.2 Å². The van der Waals surface area contributed by atoms with Crippen LogP contribution < -0.4 is 16.6 Å². The van der Waals surface area contributed by atoms with E-state index >= 15 is 0 Å². The summed E-state index contributed by atoms with van der Waals surface area (Å²) < 4.78 is 12.1. The molecule has 0 spiro atoms. The topological polar surface area (TPSA) is 72.5 Å². The van der Waals surface area contributed by atoms with Gasteiger partial charge in [-0.05, 0) is 35.9 Å². The molecule has 0 aliphatic carbocycles. The Kier molecular flexibility index (Phi) is 3.91. The van der Waals surface area contributed by atoms with Gasteiger partial charge in [-0.1, -0.05) is 58.4 Å². The molecular weight excluding hydrogens is 458 g/mol. The Balaban J connectivity index is 1.82. The van der Waals surface area contributed by atoms with Gasteiger partial charge in [-0.15, -0.1) is 0 Å². The molecule has 5 aromatic rings. The molecule has 1 aliphatic rings. The van der Waals surface area contributed by atoms with Gasteiger partial charge < -0.3 is 14.2 Å². The summed E-state index contributed by atoms with van der Waals surface area (Å²) in [5, 5.41) is 4.94. The lowest BCUT2D eigenvalue weighted by Crippen LogP contribution is -2.27. The lowest BCUT2D eigenvalue weighted by molar-refractivity contribution is 0.535. The Morgan fingerprint density at radius 2 is 1.16 bits per heavy atom. The average Bonchev–Trinajstić information content (AvgIpc) is 2.78. The Morgan fingerprint density at radius 1 is 0.677 bits per heavy atom. The average molecular weight is 472 g/mol. The van der Waals surface area contributed by atoms with Crippen molar-refractivity contribution in [1.29, 1.82) is 0 Å². The maximum Gasteiger partial charge on any atom is 0.342 e. The third-order valence-corrected chi connectivity index (χ3v) is 6.46. The van der Waals surface area contributed by atoms with Gasteiger partial charge in [-0.3, -0.25) is 0 Å². The largest absolute Gasteiger partial charge is 0.422 e. The summed E-state index contributed by atoms with van der Waals surface area (Å²) in [5.41, 5.74) is 2.87. The van der Waals surface area contributed by atoms with E-state index in [9.17, 15) is 9.59 Å². The fourth-order valence-corrected chi connectivity index (χ4v) is 4.93. The third kappa shape index (κ3) is 2.61. The number of halogens is 1. The molecule has 0 atom stereocenters. The van der Waals surface area contributed by atoms with Gasteiger partial charge in [0, 0.05) is 15.2 Å². The maximum absolute atomic E-state index is 13.2. The minimum atomic E-state index is -0.650. The predicted molar refractivity (Wildman–Crippen MR) is 123 cm³/mol. The van der Waals surface area contributed by atoms with Crippen LogP contribution in [0.1, 0.15) is 22.6 Å². The molecule has 0 fully saturated rings. The summed E-state index contributed by atoms with van der Waals surface area (Å²) in [6, 6.07) is 22.3. The Morgan fingerprint density at radius 3 is 1.71 bits per heavy atom. The van der Waals surface area contributed by atoms with E-state index in [-0.39, 0.29) is 0 Å². The molecule has 0 saturated carbocycles. The molecule has 1 N–H and O–H groups in total. The van der Waals surface area contributed by atoms with E-state index < -0.39 is 17.2 Å². The van der Waals surface area contributed by atoms with Crippen LogP contribution in [-0.2, 0) is 0 Å². The lowest BCUT2D eigenvalue weighted by Gasteiger charge is -2.29. The number of hydrogen-bond donors (Lipinski definition) is 1. The second kappa shape index (κ2) is 6.68. The van der Waals surface area contributed by atoms with Gasteiger partial charge in [-0.25, -0.2) is 9.59 Å². The minimum absolute atomic E-state index is 0.390. The number of rotatable bonds is 1. The van der Waals surface area contributed by atoms with Crippen molar-refractivity contribution in [3.05, 3.63) is 115 Å². The van der Waals surface area contributed by atoms with E-state index in [1.165, 1.54) is 0 Å². The van der Waals surface area contributed by atoms with Crippen molar-refractivity contribution in [1.82, 2.24) is 0 Å². The van der Waals surface area contributed by atoms with Crippen LogP contribution in [0.5, 0.6) is 0 Å². The summed E-state index contributed by atoms with van der Waals surface area (Å²) in [5.74, 6) is -0.650. The van der Waals surface area contributed by atoms with E-state index in [1.54, 1.807) is 12.1 Å². The van der Waals surface area contributed by atoms with Gasteiger partial charge >= 0.3 is 11.3 Å². The van der Waals surface area contributed by atoms with Gasteiger partial charge in [-0.2, -0.15) is 0 Å². The summed E-state index contributed by atoms with van der Waals surface area (Å²) in [6.07, 6.45) is 0. The van der Waals surface area contributed by atoms with Crippen LogP contribution in [0.25, 0.3) is 21.9 Å². The van der Waals surface area contributed by atoms with Crippen molar-refractivity contribution >= 4 is 49.2 Å². The monoisotopic (exact) mass is 471 g/mol. The quantitative estimate of drug-likeness (QED) is 0.302. The number of hydrogen-bond acceptors (Lipinski definition) is 5. The first-order chi connectivity index (χ1) is 15.1. The molecule has 2 aromatic heterocycles. The van der Waals surface area contributed by atoms with Crippen molar-refractivity contribution < 1.29 is 8.83 Å². The molecule has 0 saturated heterocycles. The molecule has 0 radical (unpaired) electrons. The number of para-hydroxylation sites is 2. The molecule has 0 unspecified atom stereocenters. The summed E-state index contributed by atoms with van der Waals surface area (Å²) in [6.45, 7) is 0. The van der Waals surface area contributed by atoms with Crippen LogP contribution in [0, 0.1) is 0 Å². The highest BCUT2D eigenvalue weighted by Gasteiger charge is 2.36. The van der Waals surface area contributed by atoms with E-state index in [0.29, 0.717) is 33.7 Å². The second-order valence-corrected chi connectivity index (χ2v) is 8.28. The molecule has 5 nitrogen and oxygen atoms in total. The molecule has 1 aliphatic heterocycles. The lowest BCUT2D eigenvalue weighted by atomic mass is 9.81. The molecule has 3 heterocycles. The first-order valence-electron chi connectivity index (χ1n) is 9.76. The Hall–Kier alpha value is -3.64. The van der Waals surface area contributed by atoms with Crippen molar-refractivity contribution in [3.8, 4) is 0 Å². The molecule has 6 heteroatoms. The van der Waals surface area contributed by atoms with Crippen LogP contribution in [0.4, 0.5) is 11.4 Å². The molecular formula is C25H14BrNO4. The fraction of sp³-hybridized carbons (Fsp3) is 0.0400. The molecule has 31 heavy (non-hydrogen) atoms. The molecule has 150 valence electrons. The zero-order valence-corrected chi connectivity index (χ0v) is 17.6. The molecule has 0 amide bonds. The minimum Gasteiger partial charge on any atom is -0.422 e. The van der Waals surface area contributed by atoms with Crippen molar-refractivity contribution in [2.45, 2.75) is 5.92 Å². The van der Waals surface area contributed by atoms with Crippen LogP contribution in [0.15, 0.2) is 95.7 Å². The third-order valence-electron chi connectivity index (χ3n) is 5.74. The highest BCUT2D eigenvalue weighted by molar-refractivity contribution is 9.10. The van der Waals surface area contributed by atoms with Gasteiger partial charge in [0.25, 0.3) is 0 Å². The van der Waals surface area contributed by atoms with Gasteiger partial charge in [0.05, 0.1) is 28.4 Å². The van der Waals surface area contributed by atoms with Gasteiger partial charge in [0.2, 0.25) is 0 Å². The summed E-state index contributed by atoms with van der Waals surface area (Å²) in [4.78, 5) is 26.4. The van der Waals surface area contributed by atoms with E-state index in [0.717, 1.165) is 20.8 Å². The number of fused-ring (bicyclic) bond motifs is 6. The first-order valence-corrected chi connectivity index (χ1v) is 10.6. The van der Waals surface area contributed by atoms with Crippen LogP contribution >= 0.6 is 15.9 Å².